The van der Waals surface area contributed by atoms with Gasteiger partial charge in [0.25, 0.3) is 0 Å². The maximum absolute atomic E-state index is 10.9. The number of benzene rings is 1. The van der Waals surface area contributed by atoms with Crippen LogP contribution in [0.3, 0.4) is 0 Å². The van der Waals surface area contributed by atoms with Crippen LogP contribution in [0.5, 0.6) is 0 Å². The molecule has 0 aliphatic carbocycles. The molecule has 2 rings (SSSR count). The predicted octanol–water partition coefficient (Wildman–Crippen LogP) is -1.58. The maximum atomic E-state index is 10.9. The van der Waals surface area contributed by atoms with Gasteiger partial charge in [0.1, 0.15) is 0 Å². The molecule has 0 radical (unpaired) electrons. The van der Waals surface area contributed by atoms with Gasteiger partial charge in [0, 0.05) is 17.1 Å². The number of nitrogens with one attached hydrogen (secondary N) is 1. The molecule has 1 aromatic carbocycles. The molecule has 0 aliphatic rings. The third-order valence-corrected chi connectivity index (χ3v) is 2.62. The first kappa shape index (κ1) is 13.9. The second-order valence-corrected chi connectivity index (χ2v) is 3.59. The quantitative estimate of drug-likeness (QED) is 0.659. The van der Waals surface area contributed by atoms with E-state index in [1.807, 2.05) is 37.3 Å². The summed E-state index contributed by atoms with van der Waals surface area (Å²) in [6.07, 6.45) is 0.537. The molecular weight excluding hydrogens is 229 g/mol. The summed E-state index contributed by atoms with van der Waals surface area (Å²) in [5.41, 5.74) is 1.69. The van der Waals surface area contributed by atoms with Gasteiger partial charge in [-0.1, -0.05) is 25.1 Å². The Hall–Kier alpha value is -0.134. The SMILES string of the molecule is CCC(C(=O)[O-])c1cc2ccccc2[nH]1.[K+]. The van der Waals surface area contributed by atoms with Crippen LogP contribution in [0.4, 0.5) is 0 Å². The van der Waals surface area contributed by atoms with Crippen molar-refractivity contribution in [1.29, 1.82) is 0 Å². The van der Waals surface area contributed by atoms with Gasteiger partial charge in [0.15, 0.2) is 0 Å². The molecular formula is C12H12KNO2. The van der Waals surface area contributed by atoms with E-state index >= 15 is 0 Å². The van der Waals surface area contributed by atoms with E-state index < -0.39 is 11.9 Å². The van der Waals surface area contributed by atoms with Gasteiger partial charge in [-0.2, -0.15) is 0 Å². The number of fused-ring (bicyclic) bond motifs is 1. The summed E-state index contributed by atoms with van der Waals surface area (Å²) in [7, 11) is 0. The van der Waals surface area contributed by atoms with Crippen LogP contribution in [0.15, 0.2) is 30.3 Å². The number of carbonyl (C=O) groups excluding carboxylic acids is 1. The van der Waals surface area contributed by atoms with E-state index in [2.05, 4.69) is 4.98 Å². The second kappa shape index (κ2) is 5.98. The fraction of sp³-hybridized carbons (Fsp3) is 0.250. The van der Waals surface area contributed by atoms with Crippen LogP contribution in [-0.2, 0) is 4.79 Å². The number of aromatic amines is 1. The fourth-order valence-electron chi connectivity index (χ4n) is 1.80. The number of para-hydroxylation sites is 1. The molecule has 3 nitrogen and oxygen atoms in total. The molecule has 78 valence electrons. The first-order chi connectivity index (χ1) is 7.22. The second-order valence-electron chi connectivity index (χ2n) is 3.59. The summed E-state index contributed by atoms with van der Waals surface area (Å²) in [6.45, 7) is 1.84. The molecule has 4 heteroatoms. The van der Waals surface area contributed by atoms with Crippen LogP contribution in [-0.4, -0.2) is 11.0 Å². The Labute approximate surface area is 137 Å². The Bertz CT molecular complexity index is 459. The van der Waals surface area contributed by atoms with Crippen LogP contribution < -0.4 is 56.5 Å². The molecule has 0 aliphatic heterocycles. The number of rotatable bonds is 3. The molecule has 0 fully saturated rings. The first-order valence-corrected chi connectivity index (χ1v) is 5.01. The van der Waals surface area contributed by atoms with Gasteiger partial charge in [-0.3, -0.25) is 0 Å². The van der Waals surface area contributed by atoms with Crippen molar-refractivity contribution in [3.63, 3.8) is 0 Å². The van der Waals surface area contributed by atoms with Crippen molar-refractivity contribution in [2.75, 3.05) is 0 Å². The fourth-order valence-corrected chi connectivity index (χ4v) is 1.80. The molecule has 0 saturated heterocycles. The number of carboxylic acids is 1. The van der Waals surface area contributed by atoms with Crippen molar-refractivity contribution < 1.29 is 61.3 Å². The van der Waals surface area contributed by atoms with Crippen LogP contribution in [0.2, 0.25) is 0 Å². The van der Waals surface area contributed by atoms with Crippen molar-refractivity contribution in [1.82, 2.24) is 4.98 Å². The zero-order chi connectivity index (χ0) is 10.8. The van der Waals surface area contributed by atoms with Gasteiger partial charge in [-0.05, 0) is 23.9 Å². The number of hydrogen-bond acceptors (Lipinski definition) is 2. The van der Waals surface area contributed by atoms with E-state index in [4.69, 9.17) is 0 Å². The van der Waals surface area contributed by atoms with Gasteiger partial charge in [-0.25, -0.2) is 0 Å². The minimum Gasteiger partial charge on any atom is -0.549 e. The maximum Gasteiger partial charge on any atom is 1.00 e. The average Bonchev–Trinajstić information content (AvgIpc) is 2.61. The van der Waals surface area contributed by atoms with Crippen LogP contribution >= 0.6 is 0 Å². The van der Waals surface area contributed by atoms with Crippen molar-refractivity contribution in [3.8, 4) is 0 Å². The van der Waals surface area contributed by atoms with Crippen molar-refractivity contribution in [2.45, 2.75) is 19.3 Å². The van der Waals surface area contributed by atoms with Crippen LogP contribution in [0.25, 0.3) is 10.9 Å². The number of aromatic nitrogens is 1. The summed E-state index contributed by atoms with van der Waals surface area (Å²) in [6, 6.07) is 9.61. The van der Waals surface area contributed by atoms with E-state index in [0.29, 0.717) is 6.42 Å². The third kappa shape index (κ3) is 2.75. The summed E-state index contributed by atoms with van der Waals surface area (Å²) < 4.78 is 0. The van der Waals surface area contributed by atoms with E-state index in [9.17, 15) is 9.90 Å². The molecule has 16 heavy (non-hydrogen) atoms. The largest absolute Gasteiger partial charge is 1.00 e. The van der Waals surface area contributed by atoms with Gasteiger partial charge in [0.2, 0.25) is 0 Å². The summed E-state index contributed by atoms with van der Waals surface area (Å²) in [5, 5.41) is 11.9. The van der Waals surface area contributed by atoms with E-state index in [-0.39, 0.29) is 51.4 Å². The summed E-state index contributed by atoms with van der Waals surface area (Å²) >= 11 is 0. The van der Waals surface area contributed by atoms with E-state index in [1.165, 1.54) is 0 Å². The van der Waals surface area contributed by atoms with Gasteiger partial charge in [0.05, 0.1) is 5.97 Å². The summed E-state index contributed by atoms with van der Waals surface area (Å²) in [5.74, 6) is -1.57. The van der Waals surface area contributed by atoms with Crippen molar-refractivity contribution >= 4 is 16.9 Å². The van der Waals surface area contributed by atoms with Gasteiger partial charge in [-0.15, -0.1) is 0 Å². The average molecular weight is 241 g/mol. The standard InChI is InChI=1S/C12H13NO2.K/c1-2-9(12(14)15)11-7-8-5-3-4-6-10(8)13-11;/h3-7,9,13H,2H2,1H3,(H,14,15);/q;+1/p-1. The molecule has 1 unspecified atom stereocenters. The van der Waals surface area contributed by atoms with E-state index in [1.54, 1.807) is 0 Å². The third-order valence-electron chi connectivity index (χ3n) is 2.62. The zero-order valence-electron chi connectivity index (χ0n) is 9.49. The molecule has 0 spiro atoms. The van der Waals surface area contributed by atoms with E-state index in [0.717, 1.165) is 16.6 Å². The molecule has 1 aromatic heterocycles. The number of carboxylic acid groups (broad SMARTS) is 1. The smallest absolute Gasteiger partial charge is 0.549 e. The number of aliphatic carboxylic acids is 1. The molecule has 0 saturated carbocycles. The molecule has 0 bridgehead atoms. The number of carbonyl (C=O) groups is 1. The Morgan fingerprint density at radius 1 is 1.44 bits per heavy atom. The minimum absolute atomic E-state index is 0. The van der Waals surface area contributed by atoms with Crippen LogP contribution in [0.1, 0.15) is 25.0 Å². The summed E-state index contributed by atoms with van der Waals surface area (Å²) in [4.78, 5) is 14.0. The van der Waals surface area contributed by atoms with Crippen molar-refractivity contribution in [3.05, 3.63) is 36.0 Å². The Kier molecular flexibility index (Phi) is 5.20. The Morgan fingerprint density at radius 3 is 2.69 bits per heavy atom. The molecule has 1 N–H and O–H groups in total. The molecule has 2 aromatic rings. The van der Waals surface area contributed by atoms with Gasteiger partial charge < -0.3 is 14.9 Å². The normalized spacial score (nSPS) is 12.1. The molecule has 1 heterocycles. The number of hydrogen-bond donors (Lipinski definition) is 1. The Balaban J connectivity index is 0.00000128. The van der Waals surface area contributed by atoms with Crippen LogP contribution in [0, 0.1) is 0 Å². The molecule has 0 amide bonds. The molecule has 1 atom stereocenters. The zero-order valence-corrected chi connectivity index (χ0v) is 12.6. The predicted molar refractivity (Wildman–Crippen MR) is 56.3 cm³/mol. The van der Waals surface area contributed by atoms with Crippen molar-refractivity contribution in [2.24, 2.45) is 0 Å². The minimum atomic E-state index is -1.02. The Morgan fingerprint density at radius 2 is 2.12 bits per heavy atom. The first-order valence-electron chi connectivity index (χ1n) is 5.01. The monoisotopic (exact) mass is 241 g/mol. The van der Waals surface area contributed by atoms with Gasteiger partial charge >= 0.3 is 51.4 Å². The topological polar surface area (TPSA) is 55.9 Å². The number of H-pyrrole nitrogens is 1.